The van der Waals surface area contributed by atoms with Gasteiger partial charge in [0.1, 0.15) is 5.76 Å². The molecule has 0 saturated heterocycles. The lowest BCUT2D eigenvalue weighted by Crippen LogP contribution is -2.17. The molecule has 0 bridgehead atoms. The van der Waals surface area contributed by atoms with Crippen molar-refractivity contribution in [2.45, 2.75) is 51.4 Å². The monoisotopic (exact) mass is 288 g/mol. The lowest BCUT2D eigenvalue weighted by atomic mass is 9.85. The number of hydrogen-bond donors (Lipinski definition) is 2. The molecule has 0 spiro atoms. The molecular formula is C15H20N4O2. The van der Waals surface area contributed by atoms with Crippen LogP contribution in [0.25, 0.3) is 0 Å². The molecule has 2 aromatic heterocycles. The van der Waals surface area contributed by atoms with Gasteiger partial charge < -0.3 is 9.84 Å². The third-order valence-electron chi connectivity index (χ3n) is 4.21. The topological polar surface area (TPSA) is 83.8 Å². The molecule has 21 heavy (non-hydrogen) atoms. The van der Waals surface area contributed by atoms with Crippen LogP contribution in [0.5, 0.6) is 0 Å². The third-order valence-corrected chi connectivity index (χ3v) is 4.21. The molecule has 1 fully saturated rings. The first-order valence-corrected chi connectivity index (χ1v) is 7.33. The molecule has 2 heterocycles. The Kier molecular flexibility index (Phi) is 3.53. The summed E-state index contributed by atoms with van der Waals surface area (Å²) in [6.45, 7) is 4.07. The number of carbonyl (C=O) groups excluding carboxylic acids is 1. The Morgan fingerprint density at radius 2 is 2.19 bits per heavy atom. The highest BCUT2D eigenvalue weighted by Crippen LogP contribution is 2.40. The van der Waals surface area contributed by atoms with E-state index in [9.17, 15) is 4.79 Å². The summed E-state index contributed by atoms with van der Waals surface area (Å²) in [5.41, 5.74) is 2.04. The van der Waals surface area contributed by atoms with Crippen LogP contribution >= 0.6 is 0 Å². The van der Waals surface area contributed by atoms with Crippen molar-refractivity contribution < 1.29 is 9.32 Å². The minimum Gasteiger partial charge on any atom is -0.361 e. The number of nitrogens with zero attached hydrogens (tertiary/aromatic N) is 2. The first-order valence-electron chi connectivity index (χ1n) is 7.33. The van der Waals surface area contributed by atoms with Crippen LogP contribution in [0.15, 0.2) is 16.7 Å². The van der Waals surface area contributed by atoms with Crippen LogP contribution in [-0.4, -0.2) is 21.3 Å². The number of aryl methyl sites for hydroxylation is 1. The molecule has 0 unspecified atom stereocenters. The Labute approximate surface area is 123 Å². The maximum atomic E-state index is 11.9. The molecule has 1 aliphatic rings. The Morgan fingerprint density at radius 1 is 1.43 bits per heavy atom. The van der Waals surface area contributed by atoms with Crippen molar-refractivity contribution in [2.75, 3.05) is 5.32 Å². The van der Waals surface area contributed by atoms with Gasteiger partial charge in [0.2, 0.25) is 5.91 Å². The molecule has 112 valence electrons. The largest absolute Gasteiger partial charge is 0.361 e. The summed E-state index contributed by atoms with van der Waals surface area (Å²) in [6.07, 6.45) is 5.00. The highest BCUT2D eigenvalue weighted by atomic mass is 16.5. The maximum absolute atomic E-state index is 11.9. The number of aromatic amines is 1. The van der Waals surface area contributed by atoms with E-state index in [0.29, 0.717) is 11.6 Å². The summed E-state index contributed by atoms with van der Waals surface area (Å²) in [5, 5.41) is 13.8. The summed E-state index contributed by atoms with van der Waals surface area (Å²) in [5.74, 6) is 0.976. The molecule has 6 heteroatoms. The molecule has 1 saturated carbocycles. The number of aromatic nitrogens is 3. The number of rotatable bonds is 4. The summed E-state index contributed by atoms with van der Waals surface area (Å²) in [6, 6.07) is 3.70. The zero-order chi connectivity index (χ0) is 14.9. The van der Waals surface area contributed by atoms with Gasteiger partial charge in [-0.15, -0.1) is 0 Å². The van der Waals surface area contributed by atoms with E-state index in [2.05, 4.69) is 27.6 Å². The summed E-state index contributed by atoms with van der Waals surface area (Å²) >= 11 is 0. The van der Waals surface area contributed by atoms with Crippen molar-refractivity contribution in [3.8, 4) is 0 Å². The fraction of sp³-hybridized carbons (Fsp3) is 0.533. The lowest BCUT2D eigenvalue weighted by Gasteiger charge is -2.20. The van der Waals surface area contributed by atoms with Crippen molar-refractivity contribution in [3.63, 3.8) is 0 Å². The molecule has 3 rings (SSSR count). The van der Waals surface area contributed by atoms with Gasteiger partial charge in [-0.2, -0.15) is 5.10 Å². The molecule has 1 amide bonds. The van der Waals surface area contributed by atoms with Gasteiger partial charge in [-0.25, -0.2) is 0 Å². The van der Waals surface area contributed by atoms with Gasteiger partial charge in [-0.05, 0) is 19.8 Å². The second-order valence-corrected chi connectivity index (χ2v) is 6.09. The van der Waals surface area contributed by atoms with Gasteiger partial charge in [-0.1, -0.05) is 24.9 Å². The van der Waals surface area contributed by atoms with Gasteiger partial charge in [0.15, 0.2) is 5.82 Å². The molecule has 2 N–H and O–H groups in total. The van der Waals surface area contributed by atoms with E-state index in [4.69, 9.17) is 4.52 Å². The first kappa shape index (κ1) is 13.9. The number of hydrogen-bond acceptors (Lipinski definition) is 4. The Hall–Kier alpha value is -2.11. The SMILES string of the molecule is Cc1cc(CC(=O)Nc2cc(C3(C)CCCC3)[nH]n2)on1. The van der Waals surface area contributed by atoms with Gasteiger partial charge in [0.25, 0.3) is 0 Å². The third kappa shape index (κ3) is 2.99. The van der Waals surface area contributed by atoms with E-state index in [1.165, 1.54) is 25.7 Å². The number of amides is 1. The quantitative estimate of drug-likeness (QED) is 0.906. The van der Waals surface area contributed by atoms with Crippen molar-refractivity contribution in [2.24, 2.45) is 0 Å². The van der Waals surface area contributed by atoms with Crippen LogP contribution in [-0.2, 0) is 16.6 Å². The minimum atomic E-state index is -0.152. The maximum Gasteiger partial charge on any atom is 0.233 e. The van der Waals surface area contributed by atoms with Crippen LogP contribution in [0, 0.1) is 6.92 Å². The van der Waals surface area contributed by atoms with Crippen molar-refractivity contribution in [1.29, 1.82) is 0 Å². The smallest absolute Gasteiger partial charge is 0.233 e. The number of nitrogens with one attached hydrogen (secondary N) is 2. The van der Waals surface area contributed by atoms with Crippen molar-refractivity contribution >= 4 is 11.7 Å². The number of carbonyl (C=O) groups is 1. The fourth-order valence-corrected chi connectivity index (χ4v) is 2.96. The van der Waals surface area contributed by atoms with Gasteiger partial charge >= 0.3 is 0 Å². The second kappa shape index (κ2) is 5.35. The molecule has 6 nitrogen and oxygen atoms in total. The molecule has 0 atom stereocenters. The zero-order valence-corrected chi connectivity index (χ0v) is 12.4. The van der Waals surface area contributed by atoms with Gasteiger partial charge in [0, 0.05) is 23.2 Å². The average Bonchev–Trinajstić information content (AvgIpc) is 3.12. The Morgan fingerprint density at radius 3 is 2.86 bits per heavy atom. The lowest BCUT2D eigenvalue weighted by molar-refractivity contribution is -0.115. The summed E-state index contributed by atoms with van der Waals surface area (Å²) in [7, 11) is 0. The second-order valence-electron chi connectivity index (χ2n) is 6.09. The molecule has 1 aliphatic carbocycles. The van der Waals surface area contributed by atoms with Crippen LogP contribution in [0.2, 0.25) is 0 Å². The molecular weight excluding hydrogens is 268 g/mol. The Bertz CT molecular complexity index is 638. The highest BCUT2D eigenvalue weighted by Gasteiger charge is 2.32. The van der Waals surface area contributed by atoms with E-state index in [1.807, 2.05) is 13.0 Å². The summed E-state index contributed by atoms with van der Waals surface area (Å²) < 4.78 is 5.04. The van der Waals surface area contributed by atoms with E-state index in [1.54, 1.807) is 6.07 Å². The Balaban J connectivity index is 1.63. The van der Waals surface area contributed by atoms with E-state index < -0.39 is 0 Å². The standard InChI is InChI=1S/C15H20N4O2/c1-10-7-11(21-19-10)8-14(20)16-13-9-12(17-18-13)15(2)5-3-4-6-15/h7,9H,3-6,8H2,1-2H3,(H2,16,17,18,20). The first-order chi connectivity index (χ1) is 10.0. The molecule has 2 aromatic rings. The molecule has 0 radical (unpaired) electrons. The van der Waals surface area contributed by atoms with E-state index >= 15 is 0 Å². The van der Waals surface area contributed by atoms with Crippen molar-refractivity contribution in [1.82, 2.24) is 15.4 Å². The van der Waals surface area contributed by atoms with Crippen LogP contribution in [0.3, 0.4) is 0 Å². The van der Waals surface area contributed by atoms with E-state index in [0.717, 1.165) is 11.4 Å². The van der Waals surface area contributed by atoms with Crippen LogP contribution < -0.4 is 5.32 Å². The summed E-state index contributed by atoms with van der Waals surface area (Å²) in [4.78, 5) is 11.9. The molecule has 0 aromatic carbocycles. The van der Waals surface area contributed by atoms with E-state index in [-0.39, 0.29) is 17.7 Å². The van der Waals surface area contributed by atoms with Crippen molar-refractivity contribution in [3.05, 3.63) is 29.3 Å². The minimum absolute atomic E-state index is 0.152. The van der Waals surface area contributed by atoms with Crippen LogP contribution in [0.1, 0.15) is 49.8 Å². The highest BCUT2D eigenvalue weighted by molar-refractivity contribution is 5.91. The number of anilines is 1. The predicted octanol–water partition coefficient (Wildman–Crippen LogP) is 2.72. The van der Waals surface area contributed by atoms with Crippen LogP contribution in [0.4, 0.5) is 5.82 Å². The fourth-order valence-electron chi connectivity index (χ4n) is 2.96. The predicted molar refractivity (Wildman–Crippen MR) is 78.0 cm³/mol. The number of H-pyrrole nitrogens is 1. The normalized spacial score (nSPS) is 17.0. The van der Waals surface area contributed by atoms with Gasteiger partial charge in [0.05, 0.1) is 12.1 Å². The van der Waals surface area contributed by atoms with Gasteiger partial charge in [-0.3, -0.25) is 9.89 Å². The molecule has 0 aliphatic heterocycles. The zero-order valence-electron chi connectivity index (χ0n) is 12.4. The average molecular weight is 288 g/mol.